The number of pyridine rings is 2. The number of imidazole rings is 1. The van der Waals surface area contributed by atoms with Crippen LogP contribution in [0, 0.1) is 6.92 Å². The molecule has 7 nitrogen and oxygen atoms in total. The Balaban J connectivity index is 1.33. The third-order valence-corrected chi connectivity index (χ3v) is 5.71. The molecule has 28 heavy (non-hydrogen) atoms. The van der Waals surface area contributed by atoms with E-state index in [1.807, 2.05) is 29.7 Å². The van der Waals surface area contributed by atoms with E-state index in [-0.39, 0.29) is 5.91 Å². The summed E-state index contributed by atoms with van der Waals surface area (Å²) in [5.41, 5.74) is 4.69. The molecule has 7 heteroatoms. The van der Waals surface area contributed by atoms with Gasteiger partial charge in [0.05, 0.1) is 11.9 Å². The predicted octanol–water partition coefficient (Wildman–Crippen LogP) is 2.82. The van der Waals surface area contributed by atoms with Crippen molar-refractivity contribution in [1.82, 2.24) is 24.4 Å². The Morgan fingerprint density at radius 1 is 1.11 bits per heavy atom. The van der Waals surface area contributed by atoms with Gasteiger partial charge in [0.15, 0.2) is 5.65 Å². The predicted molar refractivity (Wildman–Crippen MR) is 108 cm³/mol. The van der Waals surface area contributed by atoms with Crippen LogP contribution >= 0.6 is 0 Å². The van der Waals surface area contributed by atoms with Crippen molar-refractivity contribution >= 4 is 22.8 Å². The maximum atomic E-state index is 13.1. The number of hydrogen-bond acceptors (Lipinski definition) is 5. The number of carbonyl (C=O) groups excluding carboxylic acids is 1. The maximum Gasteiger partial charge on any atom is 0.255 e. The highest BCUT2D eigenvalue weighted by molar-refractivity contribution is 5.96. The third-order valence-electron chi connectivity index (χ3n) is 5.71. The average Bonchev–Trinajstić information content (AvgIpc) is 3.51. The minimum atomic E-state index is 0.0451. The van der Waals surface area contributed by atoms with Crippen molar-refractivity contribution in [3.05, 3.63) is 48.2 Å². The molecule has 0 N–H and O–H groups in total. The molecule has 3 aromatic heterocycles. The number of rotatable bonds is 3. The zero-order chi connectivity index (χ0) is 19.1. The van der Waals surface area contributed by atoms with Crippen molar-refractivity contribution in [1.29, 1.82) is 0 Å². The molecule has 5 rings (SSSR count). The largest absolute Gasteiger partial charge is 0.369 e. The monoisotopic (exact) mass is 376 g/mol. The molecule has 2 fully saturated rings. The lowest BCUT2D eigenvalue weighted by Crippen LogP contribution is -2.35. The molecule has 0 atom stereocenters. The molecule has 3 aromatic rings. The van der Waals surface area contributed by atoms with Crippen LogP contribution in [0.5, 0.6) is 0 Å². The minimum Gasteiger partial charge on any atom is -0.369 e. The van der Waals surface area contributed by atoms with Gasteiger partial charge in [0.1, 0.15) is 5.52 Å². The van der Waals surface area contributed by atoms with E-state index in [1.165, 1.54) is 24.1 Å². The maximum absolute atomic E-state index is 13.1. The molecule has 2 aliphatic rings. The minimum absolute atomic E-state index is 0.0451. The van der Waals surface area contributed by atoms with Gasteiger partial charge in [-0.3, -0.25) is 9.78 Å². The van der Waals surface area contributed by atoms with Gasteiger partial charge in [0.2, 0.25) is 0 Å². The standard InChI is InChI=1S/C21H24N6O/c1-15-12-22-6-5-19(15)25-7-2-8-26(10-9-25)21(28)16-11-18-20(23-13-16)27(14-24-18)17-3-4-17/h5-6,11-14,17H,2-4,7-10H2,1H3. The van der Waals surface area contributed by atoms with Crippen LogP contribution in [-0.4, -0.2) is 56.5 Å². The molecule has 4 heterocycles. The smallest absolute Gasteiger partial charge is 0.255 e. The van der Waals surface area contributed by atoms with Crippen molar-refractivity contribution in [2.75, 3.05) is 31.1 Å². The number of fused-ring (bicyclic) bond motifs is 1. The normalized spacial score (nSPS) is 17.8. The summed E-state index contributed by atoms with van der Waals surface area (Å²) >= 11 is 0. The lowest BCUT2D eigenvalue weighted by atomic mass is 10.2. The van der Waals surface area contributed by atoms with Gasteiger partial charge in [0, 0.05) is 56.5 Å². The third kappa shape index (κ3) is 3.10. The summed E-state index contributed by atoms with van der Waals surface area (Å²) in [6, 6.07) is 4.48. The van der Waals surface area contributed by atoms with Gasteiger partial charge in [-0.2, -0.15) is 0 Å². The fourth-order valence-corrected chi connectivity index (χ4v) is 4.02. The number of hydrogen-bond donors (Lipinski definition) is 0. The fourth-order valence-electron chi connectivity index (χ4n) is 4.02. The van der Waals surface area contributed by atoms with Crippen molar-refractivity contribution in [3.63, 3.8) is 0 Å². The van der Waals surface area contributed by atoms with Gasteiger partial charge in [-0.15, -0.1) is 0 Å². The molecule has 1 saturated carbocycles. The van der Waals surface area contributed by atoms with Gasteiger partial charge in [-0.25, -0.2) is 9.97 Å². The molecule has 1 aliphatic carbocycles. The van der Waals surface area contributed by atoms with Crippen LogP contribution in [0.25, 0.3) is 11.2 Å². The second-order valence-corrected chi connectivity index (χ2v) is 7.74. The summed E-state index contributed by atoms with van der Waals surface area (Å²) in [6.45, 7) is 5.31. The number of amides is 1. The topological polar surface area (TPSA) is 67.2 Å². The molecule has 0 spiro atoms. The second-order valence-electron chi connectivity index (χ2n) is 7.74. The SMILES string of the molecule is Cc1cnccc1N1CCCN(C(=O)c2cnc3c(c2)ncn3C2CC2)CC1. The van der Waals surface area contributed by atoms with E-state index in [1.54, 1.807) is 6.20 Å². The molecule has 0 bridgehead atoms. The van der Waals surface area contributed by atoms with Crippen molar-refractivity contribution < 1.29 is 4.79 Å². The molecule has 1 saturated heterocycles. The first-order valence-electron chi connectivity index (χ1n) is 9.98. The van der Waals surface area contributed by atoms with E-state index in [0.29, 0.717) is 18.2 Å². The van der Waals surface area contributed by atoms with Crippen LogP contribution in [0.4, 0.5) is 5.69 Å². The van der Waals surface area contributed by atoms with E-state index in [0.717, 1.165) is 37.2 Å². The Bertz CT molecular complexity index is 1020. The summed E-state index contributed by atoms with van der Waals surface area (Å²) in [6.07, 6.45) is 10.6. The highest BCUT2D eigenvalue weighted by Crippen LogP contribution is 2.36. The average molecular weight is 376 g/mol. The van der Waals surface area contributed by atoms with Crippen molar-refractivity contribution in [2.24, 2.45) is 0 Å². The lowest BCUT2D eigenvalue weighted by molar-refractivity contribution is 0.0767. The number of carbonyl (C=O) groups is 1. The number of aryl methyl sites for hydroxylation is 1. The zero-order valence-electron chi connectivity index (χ0n) is 16.1. The molecular formula is C21H24N6O. The molecule has 1 amide bonds. The van der Waals surface area contributed by atoms with Crippen molar-refractivity contribution in [3.8, 4) is 0 Å². The molecule has 1 aliphatic heterocycles. The van der Waals surface area contributed by atoms with E-state index in [9.17, 15) is 4.79 Å². The van der Waals surface area contributed by atoms with Gasteiger partial charge >= 0.3 is 0 Å². The van der Waals surface area contributed by atoms with Crippen LogP contribution in [-0.2, 0) is 0 Å². The first-order valence-corrected chi connectivity index (χ1v) is 9.98. The van der Waals surface area contributed by atoms with Crippen LogP contribution in [0.15, 0.2) is 37.1 Å². The first kappa shape index (κ1) is 17.2. The Labute approximate surface area is 164 Å². The molecule has 144 valence electrons. The van der Waals surface area contributed by atoms with Gasteiger partial charge in [-0.1, -0.05) is 0 Å². The van der Waals surface area contributed by atoms with E-state index in [4.69, 9.17) is 0 Å². The van der Waals surface area contributed by atoms with Gasteiger partial charge < -0.3 is 14.4 Å². The van der Waals surface area contributed by atoms with Crippen LogP contribution in [0.1, 0.15) is 41.2 Å². The van der Waals surface area contributed by atoms with Crippen molar-refractivity contribution in [2.45, 2.75) is 32.2 Å². The van der Waals surface area contributed by atoms with Crippen LogP contribution in [0.2, 0.25) is 0 Å². The molecular weight excluding hydrogens is 352 g/mol. The van der Waals surface area contributed by atoms with Gasteiger partial charge in [-0.05, 0) is 43.9 Å². The number of nitrogens with zero attached hydrogens (tertiary/aromatic N) is 6. The Kier molecular flexibility index (Phi) is 4.22. The number of anilines is 1. The summed E-state index contributed by atoms with van der Waals surface area (Å²) in [4.78, 5) is 30.6. The van der Waals surface area contributed by atoms with E-state index >= 15 is 0 Å². The zero-order valence-corrected chi connectivity index (χ0v) is 16.1. The summed E-state index contributed by atoms with van der Waals surface area (Å²) < 4.78 is 2.13. The lowest BCUT2D eigenvalue weighted by Gasteiger charge is -2.25. The summed E-state index contributed by atoms with van der Waals surface area (Å²) in [5.74, 6) is 0.0451. The van der Waals surface area contributed by atoms with E-state index < -0.39 is 0 Å². The number of aromatic nitrogens is 4. The Morgan fingerprint density at radius 2 is 2.00 bits per heavy atom. The quantitative estimate of drug-likeness (QED) is 0.703. The fraction of sp³-hybridized carbons (Fsp3) is 0.429. The van der Waals surface area contributed by atoms with Crippen LogP contribution in [0.3, 0.4) is 0 Å². The van der Waals surface area contributed by atoms with Gasteiger partial charge in [0.25, 0.3) is 5.91 Å². The van der Waals surface area contributed by atoms with E-state index in [2.05, 4.69) is 37.4 Å². The first-order chi connectivity index (χ1) is 13.7. The Hall–Kier alpha value is -2.96. The molecule has 0 aromatic carbocycles. The molecule has 0 unspecified atom stereocenters. The molecule has 0 radical (unpaired) electrons. The van der Waals surface area contributed by atoms with Crippen LogP contribution < -0.4 is 4.90 Å². The summed E-state index contributed by atoms with van der Waals surface area (Å²) in [5, 5.41) is 0. The Morgan fingerprint density at radius 3 is 2.82 bits per heavy atom. The summed E-state index contributed by atoms with van der Waals surface area (Å²) in [7, 11) is 0. The highest BCUT2D eigenvalue weighted by Gasteiger charge is 2.26. The highest BCUT2D eigenvalue weighted by atomic mass is 16.2. The second kappa shape index (κ2) is 6.89.